The molecule has 0 saturated heterocycles. The van der Waals surface area contributed by atoms with Gasteiger partial charge in [0.1, 0.15) is 11.3 Å². The van der Waals surface area contributed by atoms with Gasteiger partial charge in [0.05, 0.1) is 44.1 Å². The van der Waals surface area contributed by atoms with Crippen molar-refractivity contribution in [2.24, 2.45) is 0 Å². The summed E-state index contributed by atoms with van der Waals surface area (Å²) in [5, 5.41) is 8.88. The molecule has 22 rings (SSSR count). The molecule has 0 radical (unpaired) electrons. The van der Waals surface area contributed by atoms with Gasteiger partial charge in [-0.25, -0.2) is 24.9 Å². The first-order valence-corrected chi connectivity index (χ1v) is 36.2. The SMILES string of the molecule is c1ccc(-c2c(-c3ncc(-c4ccc(-n5c6ccccc6c6ccccc65)cc4)cn3)cn3ccccc23)cc1.c1ccc(-c2cn(-c3ccc(-n4c5ccccc5c5ccccc54)cc3)c3ccccc23)cc1.c1ccc2c(c1)c1ccccc1n2-c1ccc(-c2cnc(-c3cn4ccccc4n3)nc2)cc1. The molecule has 0 bridgehead atoms. The van der Waals surface area contributed by atoms with Crippen molar-refractivity contribution < 1.29 is 0 Å². The molecule has 108 heavy (non-hydrogen) atoms. The third-order valence-corrected chi connectivity index (χ3v) is 20.7. The number of para-hydroxylation sites is 7. The van der Waals surface area contributed by atoms with Crippen molar-refractivity contribution in [1.29, 1.82) is 0 Å². The zero-order valence-electron chi connectivity index (χ0n) is 58.4. The van der Waals surface area contributed by atoms with Crippen LogP contribution < -0.4 is 0 Å². The van der Waals surface area contributed by atoms with E-state index in [2.05, 4.69) is 366 Å². The van der Waals surface area contributed by atoms with Gasteiger partial charge < -0.3 is 27.1 Å². The first kappa shape index (κ1) is 62.9. The van der Waals surface area contributed by atoms with Crippen molar-refractivity contribution in [2.75, 3.05) is 0 Å². The van der Waals surface area contributed by atoms with Gasteiger partial charge in [0.2, 0.25) is 0 Å². The lowest BCUT2D eigenvalue weighted by Crippen LogP contribution is -1.96. The molecule has 10 aromatic heterocycles. The summed E-state index contributed by atoms with van der Waals surface area (Å²) in [6.45, 7) is 0. The van der Waals surface area contributed by atoms with E-state index in [0.29, 0.717) is 11.6 Å². The zero-order chi connectivity index (χ0) is 71.4. The molecule has 0 fully saturated rings. The molecule has 508 valence electrons. The van der Waals surface area contributed by atoms with Crippen molar-refractivity contribution in [2.45, 2.75) is 0 Å². The number of hydrogen-bond acceptors (Lipinski definition) is 5. The topological polar surface area (TPSA) is 93.0 Å². The predicted molar refractivity (Wildman–Crippen MR) is 443 cm³/mol. The highest BCUT2D eigenvalue weighted by atomic mass is 15.0. The van der Waals surface area contributed by atoms with E-state index in [-0.39, 0.29) is 0 Å². The second-order valence-corrected chi connectivity index (χ2v) is 27.0. The minimum absolute atomic E-state index is 0.620. The molecule has 0 aliphatic heterocycles. The maximum atomic E-state index is 4.83. The van der Waals surface area contributed by atoms with Gasteiger partial charge in [-0.05, 0) is 138 Å². The van der Waals surface area contributed by atoms with Gasteiger partial charge in [0.15, 0.2) is 11.6 Å². The number of rotatable bonds is 10. The molecule has 11 nitrogen and oxygen atoms in total. The van der Waals surface area contributed by atoms with Gasteiger partial charge in [-0.2, -0.15) is 0 Å². The second-order valence-electron chi connectivity index (χ2n) is 27.0. The Morgan fingerprint density at radius 1 is 0.213 bits per heavy atom. The molecular formula is C97H65N11. The van der Waals surface area contributed by atoms with E-state index in [1.54, 1.807) is 0 Å². The van der Waals surface area contributed by atoms with E-state index in [1.165, 1.54) is 93.1 Å². The molecule has 0 aliphatic rings. The van der Waals surface area contributed by atoms with E-state index in [0.717, 1.165) is 72.9 Å². The monoisotopic (exact) mass is 1380 g/mol. The number of imidazole rings is 1. The minimum Gasteiger partial charge on any atom is -0.322 e. The molecule has 0 amide bonds. The molecule has 0 spiro atoms. The van der Waals surface area contributed by atoms with Crippen LogP contribution >= 0.6 is 0 Å². The average Bonchev–Trinajstić information content (AvgIpc) is 1.61. The summed E-state index contributed by atoms with van der Waals surface area (Å²) in [6, 6.07) is 120. The standard InChI is InChI=1S/C36H24N4.C32H22N2.C29H19N5/c1-2-10-26(11-3-1)35-31(24-39-21-9-8-16-34(35)39)36-37-22-27(23-38-36)25-17-19-28(20-18-25)40-32-14-6-4-12-29(32)30-13-5-7-15-33(30)40;1-2-10-23(11-3-1)29-22-33(30-15-7-4-14-28(29)30)24-18-20-25(21-19-24)34-31-16-8-5-12-26(31)27-13-6-9-17-32(27)34;1-3-9-26-23(7-1)24-8-2-4-10-27(24)34(26)22-14-12-20(13-15-22)21-17-30-29(31-18-21)25-19-33-16-6-5-11-28(33)32-25/h1-24H;1-22H;1-19H. The van der Waals surface area contributed by atoms with Gasteiger partial charge >= 0.3 is 0 Å². The van der Waals surface area contributed by atoms with Crippen LogP contribution in [0.25, 0.3) is 178 Å². The number of hydrogen-bond donors (Lipinski definition) is 0. The molecule has 10 heterocycles. The normalized spacial score (nSPS) is 11.5. The summed E-state index contributed by atoms with van der Waals surface area (Å²) in [4.78, 5) is 23.4. The number of fused-ring (bicyclic) bond motifs is 12. The van der Waals surface area contributed by atoms with Crippen molar-refractivity contribution >= 4 is 87.5 Å². The molecule has 0 aliphatic carbocycles. The fraction of sp³-hybridized carbons (Fsp3) is 0. The lowest BCUT2D eigenvalue weighted by molar-refractivity contribution is 1.11. The summed E-state index contributed by atoms with van der Waals surface area (Å²) in [6.07, 6.45) is 17.9. The molecule has 0 saturated carbocycles. The molecule has 0 N–H and O–H groups in total. The van der Waals surface area contributed by atoms with Crippen LogP contribution in [-0.4, -0.2) is 52.0 Å². The zero-order valence-corrected chi connectivity index (χ0v) is 58.4. The summed E-state index contributed by atoms with van der Waals surface area (Å²) >= 11 is 0. The van der Waals surface area contributed by atoms with Crippen LogP contribution in [0.2, 0.25) is 0 Å². The Morgan fingerprint density at radius 3 is 1.02 bits per heavy atom. The molecule has 12 aromatic carbocycles. The largest absolute Gasteiger partial charge is 0.322 e. The number of benzene rings is 12. The van der Waals surface area contributed by atoms with E-state index >= 15 is 0 Å². The van der Waals surface area contributed by atoms with Gasteiger partial charge in [-0.3, -0.25) is 0 Å². The maximum absolute atomic E-state index is 4.83. The molecular weight excluding hydrogens is 1320 g/mol. The third-order valence-electron chi connectivity index (χ3n) is 20.7. The Bertz CT molecular complexity index is 6870. The fourth-order valence-corrected chi connectivity index (χ4v) is 15.7. The highest BCUT2D eigenvalue weighted by molar-refractivity contribution is 6.11. The van der Waals surface area contributed by atoms with Crippen LogP contribution in [0, 0.1) is 0 Å². The van der Waals surface area contributed by atoms with E-state index < -0.39 is 0 Å². The highest BCUT2D eigenvalue weighted by Gasteiger charge is 2.20. The van der Waals surface area contributed by atoms with Crippen LogP contribution in [0.1, 0.15) is 0 Å². The quantitative estimate of drug-likeness (QED) is 0.136. The minimum atomic E-state index is 0.620. The molecule has 0 unspecified atom stereocenters. The Kier molecular flexibility index (Phi) is 15.6. The summed E-state index contributed by atoms with van der Waals surface area (Å²) in [5.74, 6) is 1.34. The fourth-order valence-electron chi connectivity index (χ4n) is 15.7. The van der Waals surface area contributed by atoms with Crippen LogP contribution in [0.4, 0.5) is 0 Å². The Hall–Kier alpha value is -14.8. The van der Waals surface area contributed by atoms with Crippen molar-refractivity contribution in [1.82, 2.24) is 52.0 Å². The third kappa shape index (κ3) is 11.1. The Labute approximate surface area is 621 Å². The van der Waals surface area contributed by atoms with Crippen molar-refractivity contribution in [3.63, 3.8) is 0 Å². The summed E-state index contributed by atoms with van der Waals surface area (Å²) < 4.78 is 13.4. The van der Waals surface area contributed by atoms with E-state index in [4.69, 9.17) is 9.97 Å². The first-order valence-electron chi connectivity index (χ1n) is 36.2. The smallest absolute Gasteiger partial charge is 0.179 e. The number of nitrogens with zero attached hydrogens (tertiary/aromatic N) is 11. The molecule has 22 aromatic rings. The lowest BCUT2D eigenvalue weighted by Gasteiger charge is -2.10. The van der Waals surface area contributed by atoms with Crippen LogP contribution in [-0.2, 0) is 0 Å². The van der Waals surface area contributed by atoms with Gasteiger partial charge in [-0.1, -0.05) is 224 Å². The van der Waals surface area contributed by atoms with Crippen LogP contribution in [0.3, 0.4) is 0 Å². The average molecular weight is 1380 g/mol. The first-order chi connectivity index (χ1) is 53.6. The second kappa shape index (κ2) is 26.8. The van der Waals surface area contributed by atoms with Gasteiger partial charge in [0, 0.05) is 144 Å². The van der Waals surface area contributed by atoms with Gasteiger partial charge in [-0.15, -0.1) is 0 Å². The predicted octanol–water partition coefficient (Wildman–Crippen LogP) is 23.8. The van der Waals surface area contributed by atoms with Crippen LogP contribution in [0.5, 0.6) is 0 Å². The van der Waals surface area contributed by atoms with Crippen molar-refractivity contribution in [3.8, 4) is 90.2 Å². The highest BCUT2D eigenvalue weighted by Crippen LogP contribution is 2.40. The van der Waals surface area contributed by atoms with E-state index in [1.807, 2.05) is 71.9 Å². The lowest BCUT2D eigenvalue weighted by atomic mass is 10.0. The maximum Gasteiger partial charge on any atom is 0.179 e. The van der Waals surface area contributed by atoms with Crippen LogP contribution in [0.15, 0.2) is 395 Å². The van der Waals surface area contributed by atoms with Crippen molar-refractivity contribution in [3.05, 3.63) is 395 Å². The van der Waals surface area contributed by atoms with E-state index in [9.17, 15) is 0 Å². The number of pyridine rings is 2. The summed E-state index contributed by atoms with van der Waals surface area (Å²) in [5.41, 5.74) is 25.8. The summed E-state index contributed by atoms with van der Waals surface area (Å²) in [7, 11) is 0. The van der Waals surface area contributed by atoms with Gasteiger partial charge in [0.25, 0.3) is 0 Å². The number of aromatic nitrogens is 11. The Morgan fingerprint density at radius 2 is 0.565 bits per heavy atom. The Balaban J connectivity index is 0.000000107. The molecule has 0 atom stereocenters. The molecule has 11 heteroatoms.